The van der Waals surface area contributed by atoms with Gasteiger partial charge in [-0.1, -0.05) is 0 Å². The topological polar surface area (TPSA) is 84.3 Å². The third kappa shape index (κ3) is 3.13. The van der Waals surface area contributed by atoms with E-state index in [-0.39, 0.29) is 16.5 Å². The second-order valence-electron chi connectivity index (χ2n) is 5.48. The van der Waals surface area contributed by atoms with Crippen LogP contribution in [0.25, 0.3) is 0 Å². The highest BCUT2D eigenvalue weighted by molar-refractivity contribution is 7.89. The Hall–Kier alpha value is -2.19. The van der Waals surface area contributed by atoms with Crippen molar-refractivity contribution in [2.75, 3.05) is 18.4 Å². The zero-order valence-corrected chi connectivity index (χ0v) is 13.6. The zero-order valence-electron chi connectivity index (χ0n) is 12.8. The van der Waals surface area contributed by atoms with Crippen LogP contribution in [0.15, 0.2) is 41.7 Å². The van der Waals surface area contributed by atoms with Gasteiger partial charge in [0.15, 0.2) is 0 Å². The van der Waals surface area contributed by atoms with Gasteiger partial charge in [0.05, 0.1) is 11.9 Å². The van der Waals surface area contributed by atoms with Crippen molar-refractivity contribution in [2.45, 2.75) is 17.7 Å². The van der Waals surface area contributed by atoms with Crippen LogP contribution in [0.3, 0.4) is 0 Å². The molecule has 0 spiro atoms. The largest absolute Gasteiger partial charge is 0.345 e. The van der Waals surface area contributed by atoms with E-state index in [4.69, 9.17) is 0 Å². The van der Waals surface area contributed by atoms with Crippen molar-refractivity contribution in [1.29, 1.82) is 0 Å². The van der Waals surface area contributed by atoms with Gasteiger partial charge < -0.3 is 9.88 Å². The van der Waals surface area contributed by atoms with Crippen LogP contribution in [0.5, 0.6) is 0 Å². The van der Waals surface area contributed by atoms with Gasteiger partial charge in [-0.3, -0.25) is 9.78 Å². The second kappa shape index (κ2) is 6.13. The molecule has 0 aliphatic carbocycles. The number of carbonyl (C=O) groups excluding carboxylic acids is 1. The highest BCUT2D eigenvalue weighted by atomic mass is 32.2. The van der Waals surface area contributed by atoms with Crippen molar-refractivity contribution >= 4 is 21.6 Å². The molecular formula is C15H18N4O3S. The normalized spacial score (nSPS) is 15.7. The van der Waals surface area contributed by atoms with E-state index in [2.05, 4.69) is 10.3 Å². The van der Waals surface area contributed by atoms with Crippen LogP contribution in [0.4, 0.5) is 5.69 Å². The highest BCUT2D eigenvalue weighted by Crippen LogP contribution is 2.22. The van der Waals surface area contributed by atoms with Crippen molar-refractivity contribution in [3.05, 3.63) is 42.5 Å². The van der Waals surface area contributed by atoms with E-state index in [1.807, 2.05) is 0 Å². The molecule has 1 aliphatic rings. The molecule has 23 heavy (non-hydrogen) atoms. The number of nitrogens with one attached hydrogen (secondary N) is 1. The molecule has 0 unspecified atom stereocenters. The molecule has 3 heterocycles. The molecule has 8 heteroatoms. The summed E-state index contributed by atoms with van der Waals surface area (Å²) < 4.78 is 28.1. The SMILES string of the molecule is Cn1cc(S(=O)(=O)N2CCCC2)cc1C(=O)Nc1cccnc1. The van der Waals surface area contributed by atoms with Crippen molar-refractivity contribution in [1.82, 2.24) is 13.9 Å². The Morgan fingerprint density at radius 2 is 2.04 bits per heavy atom. The number of carbonyl (C=O) groups is 1. The fourth-order valence-electron chi connectivity index (χ4n) is 2.61. The standard InChI is InChI=1S/C15H18N4O3S/c1-18-11-13(23(21,22)19-7-2-3-8-19)9-14(18)15(20)17-12-5-4-6-16-10-12/h4-6,9-11H,2-3,7-8H2,1H3,(H,17,20). The van der Waals surface area contributed by atoms with Crippen molar-refractivity contribution in [2.24, 2.45) is 7.05 Å². The maximum absolute atomic E-state index is 12.6. The maximum Gasteiger partial charge on any atom is 0.272 e. The van der Waals surface area contributed by atoms with E-state index in [0.29, 0.717) is 18.8 Å². The van der Waals surface area contributed by atoms with Crippen LogP contribution in [0, 0.1) is 0 Å². The van der Waals surface area contributed by atoms with Gasteiger partial charge in [0.1, 0.15) is 10.6 Å². The smallest absolute Gasteiger partial charge is 0.272 e. The Bertz CT molecular complexity index is 809. The van der Waals surface area contributed by atoms with E-state index in [1.54, 1.807) is 25.4 Å². The van der Waals surface area contributed by atoms with Gasteiger partial charge in [-0.15, -0.1) is 0 Å². The molecule has 0 saturated carbocycles. The molecule has 0 radical (unpaired) electrons. The molecule has 1 aliphatic heterocycles. The first-order valence-electron chi connectivity index (χ1n) is 7.36. The lowest BCUT2D eigenvalue weighted by molar-refractivity contribution is 0.101. The number of rotatable bonds is 4. The van der Waals surface area contributed by atoms with Gasteiger partial charge in [-0.05, 0) is 31.0 Å². The van der Waals surface area contributed by atoms with Gasteiger partial charge in [-0.25, -0.2) is 8.42 Å². The molecule has 3 rings (SSSR count). The highest BCUT2D eigenvalue weighted by Gasteiger charge is 2.29. The first-order valence-corrected chi connectivity index (χ1v) is 8.80. The minimum atomic E-state index is -3.53. The molecule has 7 nitrogen and oxygen atoms in total. The molecule has 1 amide bonds. The molecule has 2 aromatic rings. The van der Waals surface area contributed by atoms with E-state index in [9.17, 15) is 13.2 Å². The number of sulfonamides is 1. The molecule has 1 saturated heterocycles. The second-order valence-corrected chi connectivity index (χ2v) is 7.42. The van der Waals surface area contributed by atoms with Crippen LogP contribution < -0.4 is 5.32 Å². The van der Waals surface area contributed by atoms with E-state index in [1.165, 1.54) is 27.3 Å². The Morgan fingerprint density at radius 3 is 2.70 bits per heavy atom. The van der Waals surface area contributed by atoms with Crippen molar-refractivity contribution < 1.29 is 13.2 Å². The Labute approximate surface area is 135 Å². The monoisotopic (exact) mass is 334 g/mol. The third-order valence-corrected chi connectivity index (χ3v) is 5.70. The number of aryl methyl sites for hydroxylation is 1. The lowest BCUT2D eigenvalue weighted by Crippen LogP contribution is -2.27. The Kier molecular flexibility index (Phi) is 4.18. The summed E-state index contributed by atoms with van der Waals surface area (Å²) in [4.78, 5) is 16.4. The third-order valence-electron chi connectivity index (χ3n) is 3.83. The van der Waals surface area contributed by atoms with Crippen LogP contribution in [-0.4, -0.2) is 41.3 Å². The molecule has 2 aromatic heterocycles. The molecule has 0 aromatic carbocycles. The van der Waals surface area contributed by atoms with Gasteiger partial charge in [0.2, 0.25) is 10.0 Å². The summed E-state index contributed by atoms with van der Waals surface area (Å²) in [6.07, 6.45) is 6.37. The summed E-state index contributed by atoms with van der Waals surface area (Å²) in [6.45, 7) is 1.07. The molecule has 1 fully saturated rings. The average Bonchev–Trinajstić information content (AvgIpc) is 3.18. The first-order chi connectivity index (χ1) is 11.0. The summed E-state index contributed by atoms with van der Waals surface area (Å²) in [6, 6.07) is 4.85. The van der Waals surface area contributed by atoms with Gasteiger partial charge in [0, 0.05) is 32.5 Å². The van der Waals surface area contributed by atoms with Crippen LogP contribution >= 0.6 is 0 Å². The average molecular weight is 334 g/mol. The van der Waals surface area contributed by atoms with Gasteiger partial charge in [-0.2, -0.15) is 4.31 Å². The molecular weight excluding hydrogens is 316 g/mol. The fraction of sp³-hybridized carbons (Fsp3) is 0.333. The summed E-state index contributed by atoms with van der Waals surface area (Å²) in [5.74, 6) is -0.372. The summed E-state index contributed by atoms with van der Waals surface area (Å²) in [5.41, 5.74) is 0.842. The van der Waals surface area contributed by atoms with Crippen LogP contribution in [0.2, 0.25) is 0 Å². The summed E-state index contributed by atoms with van der Waals surface area (Å²) >= 11 is 0. The molecule has 1 N–H and O–H groups in total. The zero-order chi connectivity index (χ0) is 16.4. The van der Waals surface area contributed by atoms with Crippen molar-refractivity contribution in [3.63, 3.8) is 0 Å². The Balaban J connectivity index is 1.85. The van der Waals surface area contributed by atoms with Gasteiger partial charge in [0.25, 0.3) is 5.91 Å². The summed E-state index contributed by atoms with van der Waals surface area (Å²) in [7, 11) is -1.87. The van der Waals surface area contributed by atoms with E-state index < -0.39 is 10.0 Å². The fourth-order valence-corrected chi connectivity index (χ4v) is 4.20. The predicted octanol–water partition coefficient (Wildman–Crippen LogP) is 1.46. The van der Waals surface area contributed by atoms with E-state index >= 15 is 0 Å². The van der Waals surface area contributed by atoms with Crippen molar-refractivity contribution in [3.8, 4) is 0 Å². The van der Waals surface area contributed by atoms with Crippen LogP contribution in [-0.2, 0) is 17.1 Å². The number of pyridine rings is 1. The maximum atomic E-state index is 12.6. The number of hydrogen-bond acceptors (Lipinski definition) is 4. The van der Waals surface area contributed by atoms with Gasteiger partial charge >= 0.3 is 0 Å². The molecule has 0 atom stereocenters. The minimum Gasteiger partial charge on any atom is -0.345 e. The number of nitrogens with zero attached hydrogens (tertiary/aromatic N) is 3. The van der Waals surface area contributed by atoms with Crippen LogP contribution in [0.1, 0.15) is 23.3 Å². The van der Waals surface area contributed by atoms with E-state index in [0.717, 1.165) is 12.8 Å². The molecule has 122 valence electrons. The first kappa shape index (κ1) is 15.7. The quantitative estimate of drug-likeness (QED) is 0.917. The predicted molar refractivity (Wildman–Crippen MR) is 85.6 cm³/mol. The number of anilines is 1. The number of amides is 1. The Morgan fingerprint density at radius 1 is 1.30 bits per heavy atom. The molecule has 0 bridgehead atoms. The summed E-state index contributed by atoms with van der Waals surface area (Å²) in [5, 5.41) is 2.70. The lowest BCUT2D eigenvalue weighted by Gasteiger charge is -2.13. The minimum absolute atomic E-state index is 0.151. The lowest BCUT2D eigenvalue weighted by atomic mass is 10.3. The number of aromatic nitrogens is 2. The number of hydrogen-bond donors (Lipinski definition) is 1.